The molecule has 2 heterocycles. The highest BCUT2D eigenvalue weighted by atomic mass is 31.2. The van der Waals surface area contributed by atoms with Crippen molar-refractivity contribution in [3.8, 4) is 0 Å². The Kier molecular flexibility index (Phi) is 9.68. The van der Waals surface area contributed by atoms with Crippen molar-refractivity contribution in [2.24, 2.45) is 10.4 Å². The van der Waals surface area contributed by atoms with Crippen molar-refractivity contribution in [2.45, 2.75) is 45.8 Å². The van der Waals surface area contributed by atoms with Crippen LogP contribution in [0.4, 0.5) is 11.4 Å². The van der Waals surface area contributed by atoms with Crippen molar-refractivity contribution in [2.75, 3.05) is 31.3 Å². The van der Waals surface area contributed by atoms with Crippen LogP contribution in [0.1, 0.15) is 44.7 Å². The Labute approximate surface area is 263 Å². The summed E-state index contributed by atoms with van der Waals surface area (Å²) in [6, 6.07) is 25.9. The van der Waals surface area contributed by atoms with Gasteiger partial charge in [-0.05, 0) is 37.1 Å². The minimum atomic E-state index is -3.86. The van der Waals surface area contributed by atoms with Crippen molar-refractivity contribution in [1.82, 2.24) is 0 Å². The number of nitrogens with zero attached hydrogens (tertiary/aromatic N) is 3. The van der Waals surface area contributed by atoms with Gasteiger partial charge in [0.05, 0.1) is 30.3 Å². The highest BCUT2D eigenvalue weighted by Gasteiger charge is 2.52. The fourth-order valence-electron chi connectivity index (χ4n) is 5.72. The zero-order valence-corrected chi connectivity index (χ0v) is 26.8. The minimum absolute atomic E-state index is 0.0607. The number of esters is 1. The van der Waals surface area contributed by atoms with Crippen molar-refractivity contribution in [3.05, 3.63) is 117 Å². The van der Waals surface area contributed by atoms with Gasteiger partial charge >= 0.3 is 13.6 Å². The van der Waals surface area contributed by atoms with Crippen molar-refractivity contribution in [3.63, 3.8) is 0 Å². The molecule has 0 spiro atoms. The lowest BCUT2D eigenvalue weighted by Gasteiger charge is -2.41. The average molecular weight is 632 g/mol. The molecular formula is C34H38N3O7P. The molecule has 0 amide bonds. The Morgan fingerprint density at radius 2 is 1.67 bits per heavy atom. The van der Waals surface area contributed by atoms with Crippen molar-refractivity contribution in [1.29, 1.82) is 0 Å². The van der Waals surface area contributed by atoms with E-state index in [2.05, 4.69) is 9.89 Å². The summed E-state index contributed by atoms with van der Waals surface area (Å²) in [5.41, 5.74) is 2.06. The van der Waals surface area contributed by atoms with Gasteiger partial charge in [0.1, 0.15) is 12.3 Å². The monoisotopic (exact) mass is 631 g/mol. The van der Waals surface area contributed by atoms with Crippen LogP contribution in [0.15, 0.2) is 101 Å². The molecule has 0 aromatic heterocycles. The maximum Gasteiger partial charge on any atom is 0.340 e. The molecule has 0 radical (unpaired) electrons. The molecule has 1 saturated heterocycles. The van der Waals surface area contributed by atoms with Gasteiger partial charge in [0.15, 0.2) is 0 Å². The van der Waals surface area contributed by atoms with Gasteiger partial charge in [0.2, 0.25) is 0 Å². The molecule has 2 aliphatic rings. The van der Waals surface area contributed by atoms with Gasteiger partial charge in [-0.1, -0.05) is 74.5 Å². The van der Waals surface area contributed by atoms with Crippen LogP contribution < -0.4 is 4.90 Å². The maximum absolute atomic E-state index is 14.4. The number of nitro benzene ring substituents is 1. The Bertz CT molecular complexity index is 1640. The smallest absolute Gasteiger partial charge is 0.340 e. The number of rotatable bonds is 10. The van der Waals surface area contributed by atoms with Crippen LogP contribution in [0.5, 0.6) is 0 Å². The first-order chi connectivity index (χ1) is 21.5. The van der Waals surface area contributed by atoms with Crippen molar-refractivity contribution >= 4 is 30.7 Å². The summed E-state index contributed by atoms with van der Waals surface area (Å²) in [6.45, 7) is 8.75. The van der Waals surface area contributed by atoms with E-state index in [-0.39, 0.29) is 36.5 Å². The Morgan fingerprint density at radius 3 is 2.31 bits per heavy atom. The summed E-state index contributed by atoms with van der Waals surface area (Å²) >= 11 is 0. The standard InChI is InChI=1S/C34H38N3O7P/c1-24-30(33(38)42-19-18-36(28-15-9-6-10-16-28)21-26-12-7-5-8-13-26)31(27-14-11-17-29(20-27)37(39)40)32(25(2)35-24)45(41)43-22-34(3,4)23-44-45/h5-17,20,31-32H,18-19,21-23H2,1-4H3. The van der Waals surface area contributed by atoms with Gasteiger partial charge in [-0.3, -0.25) is 19.7 Å². The molecule has 2 unspecified atom stereocenters. The zero-order valence-electron chi connectivity index (χ0n) is 25.9. The molecule has 2 aliphatic heterocycles. The predicted molar refractivity (Wildman–Crippen MR) is 174 cm³/mol. The Hall–Kier alpha value is -4.11. The number of allylic oxidation sites excluding steroid dienone is 1. The molecule has 0 aliphatic carbocycles. The van der Waals surface area contributed by atoms with Crippen LogP contribution in [-0.4, -0.2) is 48.6 Å². The highest BCUT2D eigenvalue weighted by molar-refractivity contribution is 7.56. The molecule has 2 atom stereocenters. The third kappa shape index (κ3) is 7.41. The second-order valence-electron chi connectivity index (χ2n) is 12.2. The van der Waals surface area contributed by atoms with Crippen LogP contribution >= 0.6 is 7.60 Å². The molecule has 45 heavy (non-hydrogen) atoms. The van der Waals surface area contributed by atoms with E-state index in [1.165, 1.54) is 12.1 Å². The number of carbonyl (C=O) groups excluding carboxylic acids is 1. The third-order valence-corrected chi connectivity index (χ3v) is 10.3. The number of hydrogen-bond donors (Lipinski definition) is 0. The Morgan fingerprint density at radius 1 is 1.02 bits per heavy atom. The number of para-hydroxylation sites is 1. The van der Waals surface area contributed by atoms with E-state index in [0.29, 0.717) is 30.1 Å². The normalized spacial score (nSPS) is 20.7. The van der Waals surface area contributed by atoms with Crippen LogP contribution in [-0.2, 0) is 29.7 Å². The lowest BCUT2D eigenvalue weighted by Crippen LogP contribution is -2.40. The number of hydrogen-bond acceptors (Lipinski definition) is 9. The molecular weight excluding hydrogens is 593 g/mol. The number of non-ortho nitro benzene ring substituents is 1. The maximum atomic E-state index is 14.4. The summed E-state index contributed by atoms with van der Waals surface area (Å²) in [6.07, 6.45) is 0. The Balaban J connectivity index is 1.45. The van der Waals surface area contributed by atoms with Crippen LogP contribution in [0.2, 0.25) is 0 Å². The van der Waals surface area contributed by atoms with Crippen LogP contribution in [0.25, 0.3) is 0 Å². The summed E-state index contributed by atoms with van der Waals surface area (Å²) in [7, 11) is -3.86. The fourth-order valence-corrected chi connectivity index (χ4v) is 8.38. The van der Waals surface area contributed by atoms with E-state index >= 15 is 0 Å². The van der Waals surface area contributed by atoms with Gasteiger partial charge < -0.3 is 18.7 Å². The molecule has 1 fully saturated rings. The van der Waals surface area contributed by atoms with E-state index in [1.54, 1.807) is 26.0 Å². The van der Waals surface area contributed by atoms with Gasteiger partial charge in [-0.2, -0.15) is 0 Å². The first kappa shape index (κ1) is 32.3. The van der Waals surface area contributed by atoms with E-state index in [0.717, 1.165) is 11.3 Å². The quantitative estimate of drug-likeness (QED) is 0.0989. The van der Waals surface area contributed by atoms with Gasteiger partial charge in [-0.25, -0.2) is 4.79 Å². The first-order valence-corrected chi connectivity index (χ1v) is 16.5. The van der Waals surface area contributed by atoms with Gasteiger partial charge in [-0.15, -0.1) is 0 Å². The SMILES string of the molecule is CC1=NC(C)=C(C(=O)OCCN(Cc2ccccc2)c2ccccc2)C(c2cccc([N+](=O)[O-])c2)C1P1(=O)OCC(C)(C)CO1. The third-order valence-electron chi connectivity index (χ3n) is 7.99. The van der Waals surface area contributed by atoms with E-state index in [1.807, 2.05) is 74.5 Å². The summed E-state index contributed by atoms with van der Waals surface area (Å²) < 4.78 is 32.1. The number of nitro groups is 1. The summed E-state index contributed by atoms with van der Waals surface area (Å²) in [4.78, 5) is 31.9. The van der Waals surface area contributed by atoms with E-state index in [4.69, 9.17) is 13.8 Å². The average Bonchev–Trinajstić information content (AvgIpc) is 3.02. The summed E-state index contributed by atoms with van der Waals surface area (Å²) in [5, 5.41) is 11.7. The number of anilines is 1. The minimum Gasteiger partial charge on any atom is -0.460 e. The number of aliphatic imine (C=N–C) groups is 1. The van der Waals surface area contributed by atoms with Crippen LogP contribution in [0, 0.1) is 15.5 Å². The topological polar surface area (TPSA) is 121 Å². The number of benzene rings is 3. The molecule has 10 nitrogen and oxygen atoms in total. The molecule has 3 aromatic rings. The highest BCUT2D eigenvalue weighted by Crippen LogP contribution is 2.63. The fraction of sp³-hybridized carbons (Fsp3) is 0.353. The molecule has 236 valence electrons. The molecule has 5 rings (SSSR count). The lowest BCUT2D eigenvalue weighted by atomic mass is 9.83. The lowest BCUT2D eigenvalue weighted by molar-refractivity contribution is -0.384. The molecule has 0 saturated carbocycles. The molecule has 3 aromatic carbocycles. The number of ether oxygens (including phenoxy) is 1. The largest absolute Gasteiger partial charge is 0.460 e. The van der Waals surface area contributed by atoms with Gasteiger partial charge in [0, 0.05) is 47.1 Å². The van der Waals surface area contributed by atoms with Gasteiger partial charge in [0.25, 0.3) is 5.69 Å². The van der Waals surface area contributed by atoms with E-state index in [9.17, 15) is 19.5 Å². The van der Waals surface area contributed by atoms with Crippen molar-refractivity contribution < 1.29 is 28.1 Å². The van der Waals surface area contributed by atoms with Crippen LogP contribution in [0.3, 0.4) is 0 Å². The first-order valence-electron chi connectivity index (χ1n) is 14.9. The molecule has 11 heteroatoms. The summed E-state index contributed by atoms with van der Waals surface area (Å²) in [5.74, 6) is -1.54. The predicted octanol–water partition coefficient (Wildman–Crippen LogP) is 7.31. The number of carbonyl (C=O) groups is 1. The second kappa shape index (κ2) is 13.5. The van der Waals surface area contributed by atoms with E-state index < -0.39 is 30.1 Å². The molecule has 0 N–H and O–H groups in total. The molecule has 0 bridgehead atoms. The zero-order chi connectivity index (χ0) is 32.2. The second-order valence-corrected chi connectivity index (χ2v) is 14.3.